The van der Waals surface area contributed by atoms with Crippen LogP contribution in [0.15, 0.2) is 18.2 Å². The zero-order valence-corrected chi connectivity index (χ0v) is 11.0. The predicted molar refractivity (Wildman–Crippen MR) is 70.7 cm³/mol. The lowest BCUT2D eigenvalue weighted by molar-refractivity contribution is 0.189. The van der Waals surface area contributed by atoms with Crippen LogP contribution < -0.4 is 10.5 Å². The number of tetrazole rings is 1. The third kappa shape index (κ3) is 3.00. The molecule has 2 rings (SSSR count). The molecule has 0 amide bonds. The zero-order chi connectivity index (χ0) is 13.7. The number of methoxy groups -OCH3 is 2. The Labute approximate surface area is 111 Å². The Morgan fingerprint density at radius 1 is 1.32 bits per heavy atom. The normalized spacial score (nSPS) is 10.6. The molecule has 0 unspecified atom stereocenters. The van der Waals surface area contributed by atoms with E-state index in [0.717, 1.165) is 12.0 Å². The summed E-state index contributed by atoms with van der Waals surface area (Å²) in [6.45, 7) is 1.35. The largest absolute Gasteiger partial charge is 0.496 e. The van der Waals surface area contributed by atoms with E-state index in [0.29, 0.717) is 30.4 Å². The molecule has 0 aliphatic rings. The summed E-state index contributed by atoms with van der Waals surface area (Å²) >= 11 is 0. The van der Waals surface area contributed by atoms with Gasteiger partial charge in [-0.05, 0) is 29.0 Å². The molecule has 7 heteroatoms. The van der Waals surface area contributed by atoms with Crippen LogP contribution in [0.2, 0.25) is 0 Å². The molecule has 0 atom stereocenters. The van der Waals surface area contributed by atoms with Gasteiger partial charge in [0.2, 0.25) is 0 Å². The molecule has 2 N–H and O–H groups in total. The van der Waals surface area contributed by atoms with Crippen molar-refractivity contribution in [3.05, 3.63) is 18.2 Å². The smallest absolute Gasteiger partial charge is 0.185 e. The van der Waals surface area contributed by atoms with Gasteiger partial charge in [-0.2, -0.15) is 0 Å². The van der Waals surface area contributed by atoms with Crippen LogP contribution in [0.3, 0.4) is 0 Å². The Balaban J connectivity index is 2.29. The maximum absolute atomic E-state index is 5.74. The molecule has 1 aromatic heterocycles. The number of anilines is 1. The summed E-state index contributed by atoms with van der Waals surface area (Å²) < 4.78 is 12.1. The number of rotatable bonds is 6. The van der Waals surface area contributed by atoms with Gasteiger partial charge in [0, 0.05) is 32.0 Å². The highest BCUT2D eigenvalue weighted by Gasteiger charge is 2.13. The van der Waals surface area contributed by atoms with Crippen molar-refractivity contribution in [2.75, 3.05) is 26.6 Å². The average molecular weight is 263 g/mol. The highest BCUT2D eigenvalue weighted by molar-refractivity contribution is 5.67. The van der Waals surface area contributed by atoms with E-state index < -0.39 is 0 Å². The number of nitrogens with zero attached hydrogens (tertiary/aromatic N) is 4. The lowest BCUT2D eigenvalue weighted by atomic mass is 10.1. The van der Waals surface area contributed by atoms with Crippen molar-refractivity contribution in [1.82, 2.24) is 20.2 Å². The third-order valence-electron chi connectivity index (χ3n) is 2.72. The monoisotopic (exact) mass is 263 g/mol. The molecule has 0 saturated carbocycles. The Bertz CT molecular complexity index is 541. The number of ether oxygens (including phenoxy) is 2. The van der Waals surface area contributed by atoms with Gasteiger partial charge in [0.25, 0.3) is 0 Å². The molecule has 0 bridgehead atoms. The van der Waals surface area contributed by atoms with Gasteiger partial charge >= 0.3 is 0 Å². The van der Waals surface area contributed by atoms with Gasteiger partial charge in [0.1, 0.15) is 5.75 Å². The molecule has 1 aromatic carbocycles. The maximum Gasteiger partial charge on any atom is 0.185 e. The quantitative estimate of drug-likeness (QED) is 0.617. The van der Waals surface area contributed by atoms with Crippen LogP contribution >= 0.6 is 0 Å². The molecule has 0 aliphatic carbocycles. The molecule has 0 saturated heterocycles. The van der Waals surface area contributed by atoms with E-state index in [2.05, 4.69) is 15.5 Å². The highest BCUT2D eigenvalue weighted by Crippen LogP contribution is 2.29. The molecule has 7 nitrogen and oxygen atoms in total. The van der Waals surface area contributed by atoms with Crippen molar-refractivity contribution in [3.63, 3.8) is 0 Å². The minimum Gasteiger partial charge on any atom is -0.496 e. The first-order valence-electron chi connectivity index (χ1n) is 5.95. The molecule has 19 heavy (non-hydrogen) atoms. The summed E-state index contributed by atoms with van der Waals surface area (Å²) in [6.07, 6.45) is 0.839. The van der Waals surface area contributed by atoms with E-state index >= 15 is 0 Å². The van der Waals surface area contributed by atoms with Gasteiger partial charge in [-0.3, -0.25) is 0 Å². The molecule has 0 fully saturated rings. The number of hydrogen-bond donors (Lipinski definition) is 1. The van der Waals surface area contributed by atoms with E-state index in [9.17, 15) is 0 Å². The van der Waals surface area contributed by atoms with Crippen LogP contribution in [0.1, 0.15) is 6.42 Å². The fourth-order valence-electron chi connectivity index (χ4n) is 1.80. The summed E-state index contributed by atoms with van der Waals surface area (Å²) in [5, 5.41) is 11.7. The lowest BCUT2D eigenvalue weighted by Gasteiger charge is -2.09. The number of nitrogen functional groups attached to an aromatic ring is 1. The fraction of sp³-hybridized carbons (Fsp3) is 0.417. The number of nitrogens with two attached hydrogens (primary N) is 1. The number of benzene rings is 1. The Hall–Kier alpha value is -2.15. The molecule has 2 aromatic rings. The van der Waals surface area contributed by atoms with Gasteiger partial charge in [-0.15, -0.1) is 5.10 Å². The van der Waals surface area contributed by atoms with Gasteiger partial charge < -0.3 is 15.2 Å². The van der Waals surface area contributed by atoms with Crippen LogP contribution in [0.25, 0.3) is 11.4 Å². The number of aromatic nitrogens is 4. The molecular formula is C12H17N5O2. The van der Waals surface area contributed by atoms with Crippen LogP contribution in [0, 0.1) is 0 Å². The lowest BCUT2D eigenvalue weighted by Crippen LogP contribution is -2.06. The van der Waals surface area contributed by atoms with Crippen molar-refractivity contribution in [2.24, 2.45) is 0 Å². The van der Waals surface area contributed by atoms with Crippen molar-refractivity contribution in [1.29, 1.82) is 0 Å². The predicted octanol–water partition coefficient (Wildman–Crippen LogP) is 0.967. The zero-order valence-electron chi connectivity index (χ0n) is 11.0. The van der Waals surface area contributed by atoms with Crippen molar-refractivity contribution in [3.8, 4) is 17.1 Å². The van der Waals surface area contributed by atoms with Crippen molar-refractivity contribution < 1.29 is 9.47 Å². The van der Waals surface area contributed by atoms with Crippen molar-refractivity contribution in [2.45, 2.75) is 13.0 Å². The van der Waals surface area contributed by atoms with E-state index in [1.165, 1.54) is 0 Å². The summed E-state index contributed by atoms with van der Waals surface area (Å²) in [5.74, 6) is 1.32. The minimum atomic E-state index is 0.638. The average Bonchev–Trinajstić information content (AvgIpc) is 2.87. The standard InChI is InChI=1S/C12H17N5O2/c1-18-7-3-6-17-12(14-15-16-17)10-5-4-9(13)8-11(10)19-2/h4-5,8H,3,6-7,13H2,1-2H3. The van der Waals surface area contributed by atoms with Crippen LogP contribution in [0.5, 0.6) is 5.75 Å². The van der Waals surface area contributed by atoms with E-state index in [4.69, 9.17) is 15.2 Å². The molecule has 0 spiro atoms. The van der Waals surface area contributed by atoms with Crippen molar-refractivity contribution >= 4 is 5.69 Å². The van der Waals surface area contributed by atoms with Crippen LogP contribution in [0.4, 0.5) is 5.69 Å². The Kier molecular flexibility index (Phi) is 4.30. The topological polar surface area (TPSA) is 88.1 Å². The summed E-state index contributed by atoms with van der Waals surface area (Å²) in [6, 6.07) is 5.40. The molecular weight excluding hydrogens is 246 g/mol. The summed E-state index contributed by atoms with van der Waals surface area (Å²) in [5.41, 5.74) is 7.19. The Morgan fingerprint density at radius 2 is 2.16 bits per heavy atom. The highest BCUT2D eigenvalue weighted by atomic mass is 16.5. The Morgan fingerprint density at radius 3 is 2.89 bits per heavy atom. The van der Waals surface area contributed by atoms with E-state index in [1.807, 2.05) is 6.07 Å². The van der Waals surface area contributed by atoms with Crippen LogP contribution in [-0.4, -0.2) is 41.0 Å². The van der Waals surface area contributed by atoms with E-state index in [1.54, 1.807) is 31.0 Å². The SMILES string of the molecule is COCCCn1nnnc1-c1ccc(N)cc1OC. The van der Waals surface area contributed by atoms with E-state index in [-0.39, 0.29) is 0 Å². The molecule has 1 heterocycles. The second-order valence-electron chi connectivity index (χ2n) is 4.03. The first kappa shape index (κ1) is 13.3. The first-order valence-corrected chi connectivity index (χ1v) is 5.95. The third-order valence-corrected chi connectivity index (χ3v) is 2.72. The molecule has 0 radical (unpaired) electrons. The van der Waals surface area contributed by atoms with Gasteiger partial charge in [0.15, 0.2) is 5.82 Å². The minimum absolute atomic E-state index is 0.638. The van der Waals surface area contributed by atoms with Crippen LogP contribution in [-0.2, 0) is 11.3 Å². The molecule has 0 aliphatic heterocycles. The second-order valence-corrected chi connectivity index (χ2v) is 4.03. The number of hydrogen-bond acceptors (Lipinski definition) is 6. The summed E-state index contributed by atoms with van der Waals surface area (Å²) in [7, 11) is 3.26. The summed E-state index contributed by atoms with van der Waals surface area (Å²) in [4.78, 5) is 0. The number of aryl methyl sites for hydroxylation is 1. The van der Waals surface area contributed by atoms with Gasteiger partial charge in [-0.1, -0.05) is 0 Å². The second kappa shape index (κ2) is 6.14. The maximum atomic E-state index is 5.74. The first-order chi connectivity index (χ1) is 9.26. The van der Waals surface area contributed by atoms with Gasteiger partial charge in [-0.25, -0.2) is 4.68 Å². The van der Waals surface area contributed by atoms with Gasteiger partial charge in [0.05, 0.1) is 12.7 Å². The molecule has 102 valence electrons. The fourth-order valence-corrected chi connectivity index (χ4v) is 1.80.